The zero-order valence-corrected chi connectivity index (χ0v) is 25.1. The van der Waals surface area contributed by atoms with Crippen LogP contribution in [0.2, 0.25) is 0 Å². The van der Waals surface area contributed by atoms with Crippen LogP contribution in [0.25, 0.3) is 0 Å². The SMILES string of the molecule is CC(=O)OCC1OC(OC(=N)C(Cl)(Cl)Cl)C(OCc2ccccc2)C(OCc2ccccc2)C1OCc1ccccc1. The molecule has 5 atom stereocenters. The molecule has 1 saturated heterocycles. The number of nitrogens with one attached hydrogen (secondary N) is 1. The van der Waals surface area contributed by atoms with Crippen molar-refractivity contribution in [1.82, 2.24) is 0 Å². The second-order valence-electron chi connectivity index (χ2n) is 9.57. The first-order valence-corrected chi connectivity index (χ1v) is 14.4. The van der Waals surface area contributed by atoms with Crippen LogP contribution in [0, 0.1) is 5.41 Å². The highest BCUT2D eigenvalue weighted by Crippen LogP contribution is 2.34. The zero-order valence-electron chi connectivity index (χ0n) is 22.9. The average Bonchev–Trinajstić information content (AvgIpc) is 2.98. The molecule has 1 fully saturated rings. The Morgan fingerprint density at radius 2 is 1.17 bits per heavy atom. The lowest BCUT2D eigenvalue weighted by molar-refractivity contribution is -0.312. The average molecular weight is 637 g/mol. The van der Waals surface area contributed by atoms with E-state index in [2.05, 4.69) is 0 Å². The Morgan fingerprint density at radius 1 is 0.738 bits per heavy atom. The topological polar surface area (TPSA) is 96.3 Å². The molecule has 0 aliphatic carbocycles. The van der Waals surface area contributed by atoms with Crippen LogP contribution in [0.1, 0.15) is 23.6 Å². The standard InChI is InChI=1S/C31H32Cl3NO7/c1-21(36)37-20-25-26(38-17-22-11-5-2-6-12-22)27(39-18-23-13-7-3-8-14-23)28(40-19-24-15-9-4-10-16-24)29(41-25)42-30(35)31(32,33)34/h2-16,25-29,35H,17-20H2,1H3. The molecule has 5 unspecified atom stereocenters. The number of halogens is 3. The monoisotopic (exact) mass is 635 g/mol. The molecule has 0 aromatic heterocycles. The van der Waals surface area contributed by atoms with Crippen LogP contribution in [0.4, 0.5) is 0 Å². The summed E-state index contributed by atoms with van der Waals surface area (Å²) in [5, 5.41) is 8.23. The van der Waals surface area contributed by atoms with E-state index in [1.54, 1.807) is 0 Å². The van der Waals surface area contributed by atoms with E-state index in [-0.39, 0.29) is 26.4 Å². The third kappa shape index (κ3) is 9.67. The molecule has 0 saturated carbocycles. The largest absolute Gasteiger partial charge is 0.463 e. The van der Waals surface area contributed by atoms with E-state index in [4.69, 9.17) is 68.6 Å². The van der Waals surface area contributed by atoms with Crippen LogP contribution < -0.4 is 0 Å². The van der Waals surface area contributed by atoms with Gasteiger partial charge in [-0.25, -0.2) is 0 Å². The van der Waals surface area contributed by atoms with Gasteiger partial charge < -0.3 is 28.4 Å². The summed E-state index contributed by atoms with van der Waals surface area (Å²) in [6.07, 6.45) is -4.69. The summed E-state index contributed by atoms with van der Waals surface area (Å²) in [6.45, 7) is 1.71. The fourth-order valence-corrected chi connectivity index (χ4v) is 4.49. The molecule has 3 aromatic carbocycles. The number of hydrogen-bond donors (Lipinski definition) is 1. The lowest BCUT2D eigenvalue weighted by atomic mass is 9.97. The van der Waals surface area contributed by atoms with Crippen LogP contribution in [-0.4, -0.2) is 53.0 Å². The molecule has 0 amide bonds. The Bertz CT molecular complexity index is 1260. The van der Waals surface area contributed by atoms with Crippen molar-refractivity contribution in [2.24, 2.45) is 0 Å². The molecule has 4 rings (SSSR count). The quantitative estimate of drug-likeness (QED) is 0.106. The van der Waals surface area contributed by atoms with Gasteiger partial charge in [-0.3, -0.25) is 10.2 Å². The third-order valence-electron chi connectivity index (χ3n) is 6.39. The highest BCUT2D eigenvalue weighted by molar-refractivity contribution is 6.76. The van der Waals surface area contributed by atoms with Crippen molar-refractivity contribution in [2.75, 3.05) is 6.61 Å². The van der Waals surface area contributed by atoms with Crippen LogP contribution in [0.3, 0.4) is 0 Å². The first kappa shape index (κ1) is 32.2. The highest BCUT2D eigenvalue weighted by atomic mass is 35.6. The molecule has 1 heterocycles. The lowest BCUT2D eigenvalue weighted by Crippen LogP contribution is -2.62. The fraction of sp³-hybridized carbons (Fsp3) is 0.355. The van der Waals surface area contributed by atoms with E-state index in [1.807, 2.05) is 91.0 Å². The van der Waals surface area contributed by atoms with Crippen molar-refractivity contribution in [3.05, 3.63) is 108 Å². The molecule has 0 bridgehead atoms. The first-order valence-electron chi connectivity index (χ1n) is 13.3. The van der Waals surface area contributed by atoms with Gasteiger partial charge in [0.15, 0.2) is 0 Å². The number of esters is 1. The van der Waals surface area contributed by atoms with Crippen molar-refractivity contribution >= 4 is 46.7 Å². The molecule has 0 spiro atoms. The molecule has 224 valence electrons. The Morgan fingerprint density at radius 3 is 1.60 bits per heavy atom. The Hall–Kier alpha value is -2.69. The van der Waals surface area contributed by atoms with Gasteiger partial charge in [0, 0.05) is 6.92 Å². The van der Waals surface area contributed by atoms with Crippen molar-refractivity contribution in [3.8, 4) is 0 Å². The molecule has 1 aliphatic heterocycles. The van der Waals surface area contributed by atoms with Crippen LogP contribution in [-0.2, 0) is 53.0 Å². The molecular formula is C31H32Cl3NO7. The number of benzene rings is 3. The van der Waals surface area contributed by atoms with Crippen molar-refractivity contribution in [1.29, 1.82) is 5.41 Å². The summed E-state index contributed by atoms with van der Waals surface area (Å²) >= 11 is 17.8. The minimum absolute atomic E-state index is 0.168. The lowest BCUT2D eigenvalue weighted by Gasteiger charge is -2.45. The zero-order chi connectivity index (χ0) is 30.0. The minimum Gasteiger partial charge on any atom is -0.463 e. The number of ether oxygens (including phenoxy) is 6. The predicted octanol–water partition coefficient (Wildman–Crippen LogP) is 6.39. The summed E-state index contributed by atoms with van der Waals surface area (Å²) in [5.74, 6) is -1.17. The van der Waals surface area contributed by atoms with Crippen molar-refractivity contribution < 1.29 is 33.2 Å². The van der Waals surface area contributed by atoms with Gasteiger partial charge in [0.1, 0.15) is 31.0 Å². The van der Waals surface area contributed by atoms with Gasteiger partial charge in [-0.2, -0.15) is 0 Å². The summed E-state index contributed by atoms with van der Waals surface area (Å²) in [6, 6.07) is 28.7. The van der Waals surface area contributed by atoms with Gasteiger partial charge in [-0.05, 0) is 16.7 Å². The maximum atomic E-state index is 11.8. The van der Waals surface area contributed by atoms with Gasteiger partial charge in [0.2, 0.25) is 12.2 Å². The van der Waals surface area contributed by atoms with E-state index in [9.17, 15) is 4.79 Å². The van der Waals surface area contributed by atoms with Crippen LogP contribution in [0.15, 0.2) is 91.0 Å². The predicted molar refractivity (Wildman–Crippen MR) is 159 cm³/mol. The third-order valence-corrected chi connectivity index (χ3v) is 6.90. The van der Waals surface area contributed by atoms with E-state index >= 15 is 0 Å². The van der Waals surface area contributed by atoms with Gasteiger partial charge in [0.05, 0.1) is 19.8 Å². The molecule has 42 heavy (non-hydrogen) atoms. The van der Waals surface area contributed by atoms with Gasteiger partial charge >= 0.3 is 5.97 Å². The summed E-state index contributed by atoms with van der Waals surface area (Å²) in [5.41, 5.74) is 2.72. The van der Waals surface area contributed by atoms with E-state index in [0.717, 1.165) is 16.7 Å². The minimum atomic E-state index is -2.15. The van der Waals surface area contributed by atoms with E-state index in [0.29, 0.717) is 0 Å². The van der Waals surface area contributed by atoms with Crippen molar-refractivity contribution in [2.45, 2.75) is 61.2 Å². The first-order chi connectivity index (χ1) is 20.2. The fourth-order valence-electron chi connectivity index (χ4n) is 4.36. The molecular weight excluding hydrogens is 605 g/mol. The second-order valence-corrected chi connectivity index (χ2v) is 11.9. The number of hydrogen-bond acceptors (Lipinski definition) is 8. The van der Waals surface area contributed by atoms with Gasteiger partial charge in [-0.15, -0.1) is 0 Å². The number of alkyl halides is 3. The molecule has 1 N–H and O–H groups in total. The Balaban J connectivity index is 1.68. The van der Waals surface area contributed by atoms with Gasteiger partial charge in [0.25, 0.3) is 3.79 Å². The molecule has 0 radical (unpaired) electrons. The molecule has 1 aliphatic rings. The maximum absolute atomic E-state index is 11.8. The Labute approximate surface area is 260 Å². The van der Waals surface area contributed by atoms with Gasteiger partial charge in [-0.1, -0.05) is 126 Å². The molecule has 11 heteroatoms. The van der Waals surface area contributed by atoms with Crippen LogP contribution in [0.5, 0.6) is 0 Å². The number of rotatable bonds is 12. The van der Waals surface area contributed by atoms with Crippen molar-refractivity contribution in [3.63, 3.8) is 0 Å². The number of carbonyl (C=O) groups is 1. The normalized spacial score (nSPS) is 22.3. The summed E-state index contributed by atoms with van der Waals surface area (Å²) in [7, 11) is 0. The van der Waals surface area contributed by atoms with Crippen LogP contribution >= 0.6 is 34.8 Å². The summed E-state index contributed by atoms with van der Waals surface area (Å²) in [4.78, 5) is 11.8. The van der Waals surface area contributed by atoms with E-state index < -0.39 is 46.4 Å². The van der Waals surface area contributed by atoms with E-state index in [1.165, 1.54) is 6.92 Å². The second kappa shape index (κ2) is 15.7. The molecule has 3 aromatic rings. The number of carbonyl (C=O) groups excluding carboxylic acids is 1. The molecule has 8 nitrogen and oxygen atoms in total. The highest BCUT2D eigenvalue weighted by Gasteiger charge is 2.51. The Kier molecular flexibility index (Phi) is 12.0. The maximum Gasteiger partial charge on any atom is 0.302 e. The smallest absolute Gasteiger partial charge is 0.302 e. The summed E-state index contributed by atoms with van der Waals surface area (Å²) < 4.78 is 34.4.